The molecule has 10 N–H and O–H groups in total. The number of carbonyl (C=O) groups is 3. The van der Waals surface area contributed by atoms with Crippen LogP contribution < -0.4 is 5.11 Å². The van der Waals surface area contributed by atoms with Gasteiger partial charge in [0, 0.05) is 31.3 Å². The third-order valence-corrected chi connectivity index (χ3v) is 11.9. The first-order valence-corrected chi connectivity index (χ1v) is 21.1. The van der Waals surface area contributed by atoms with Crippen LogP contribution in [0, 0.1) is 17.8 Å². The van der Waals surface area contributed by atoms with Gasteiger partial charge in [0.05, 0.1) is 95.4 Å². The summed E-state index contributed by atoms with van der Waals surface area (Å²) in [6.45, 7) is 1.66. The molecule has 0 aliphatic carbocycles. The number of esters is 2. The molecular weight excluding hydrogens is 864 g/mol. The van der Waals surface area contributed by atoms with E-state index in [2.05, 4.69) is 0 Å². The van der Waals surface area contributed by atoms with Gasteiger partial charge in [-0.15, -0.1) is 0 Å². The molecule has 0 aromatic rings. The van der Waals surface area contributed by atoms with E-state index in [4.69, 9.17) is 47.4 Å². The lowest BCUT2D eigenvalue weighted by Crippen LogP contribution is -2.63. The molecule has 21 atom stereocenters. The topological polar surface area (TPSA) is 369 Å². The Bertz CT molecular complexity index is 1410. The third-order valence-electron chi connectivity index (χ3n) is 11.9. The van der Waals surface area contributed by atoms with Gasteiger partial charge in [-0.05, 0) is 20.3 Å². The highest BCUT2D eigenvalue weighted by Gasteiger charge is 2.51. The molecule has 21 unspecified atom stereocenters. The highest BCUT2D eigenvalue weighted by Crippen LogP contribution is 2.33. The van der Waals surface area contributed by atoms with Crippen LogP contribution in [0.1, 0.15) is 41.5 Å². The van der Waals surface area contributed by atoms with Crippen LogP contribution in [-0.2, 0) is 61.8 Å². The van der Waals surface area contributed by atoms with Gasteiger partial charge in [-0.3, -0.25) is 4.79 Å². The first-order chi connectivity index (χ1) is 29.9. The van der Waals surface area contributed by atoms with Crippen molar-refractivity contribution in [3.05, 3.63) is 0 Å². The molecule has 0 aromatic carbocycles. The normalized spacial score (nSPS) is 40.8. The first-order valence-electron chi connectivity index (χ1n) is 21.1. The molecule has 0 aromatic heterocycles. The van der Waals surface area contributed by atoms with Crippen LogP contribution in [0.15, 0.2) is 0 Å². The van der Waals surface area contributed by atoms with Crippen LogP contribution in [0.5, 0.6) is 0 Å². The minimum absolute atomic E-state index is 0. The summed E-state index contributed by atoms with van der Waals surface area (Å²) >= 11 is 0. The monoisotopic (exact) mass is 933 g/mol. The Balaban J connectivity index is 0.0000109. The number of aliphatic carboxylic acids is 1. The average Bonchev–Trinajstić information content (AvgIpc) is 3.25. The Kier molecular flexibility index (Phi) is 23.0. The van der Waals surface area contributed by atoms with E-state index in [9.17, 15) is 70.6 Å². The van der Waals surface area contributed by atoms with Gasteiger partial charge in [0.1, 0.15) is 67.6 Å². The van der Waals surface area contributed by atoms with Crippen LogP contribution >= 0.6 is 0 Å². The number of aliphatic hydroxyl groups excluding tert-OH is 10. The van der Waals surface area contributed by atoms with E-state index < -0.39 is 192 Å². The fraction of sp³-hybridized carbons (Fsp3) is 0.925. The highest BCUT2D eigenvalue weighted by atomic mass is 16.6. The Morgan fingerprint density at radius 2 is 1.11 bits per heavy atom. The molecule has 0 amide bonds. The molecule has 4 aliphatic rings. The molecule has 0 saturated carbocycles. The fourth-order valence-corrected chi connectivity index (χ4v) is 8.23. The maximum atomic E-state index is 12.5. The summed E-state index contributed by atoms with van der Waals surface area (Å²) in [6, 6.07) is 0. The van der Waals surface area contributed by atoms with Gasteiger partial charge in [0.25, 0.3) is 0 Å². The second kappa shape index (κ2) is 26.3. The summed E-state index contributed by atoms with van der Waals surface area (Å²) in [5.41, 5.74) is 0. The van der Waals surface area contributed by atoms with Crippen LogP contribution in [0.2, 0.25) is 0 Å². The largest absolute Gasteiger partial charge is 0.547 e. The summed E-state index contributed by atoms with van der Waals surface area (Å²) in [5, 5.41) is 117. The van der Waals surface area contributed by atoms with Gasteiger partial charge in [-0.25, -0.2) is 4.79 Å². The van der Waals surface area contributed by atoms with Gasteiger partial charge in [-0.1, -0.05) is 14.4 Å². The Labute approximate surface area is 370 Å². The minimum atomic E-state index is -1.97. The van der Waals surface area contributed by atoms with Crippen molar-refractivity contribution in [3.63, 3.8) is 0 Å². The molecule has 24 nitrogen and oxygen atoms in total. The smallest absolute Gasteiger partial charge is 0.337 e. The molecule has 24 heteroatoms. The second-order valence-corrected chi connectivity index (χ2v) is 16.2. The van der Waals surface area contributed by atoms with Crippen molar-refractivity contribution in [2.45, 2.75) is 151 Å². The minimum Gasteiger partial charge on any atom is -0.547 e. The SMILES string of the molecule is C.CCOC1C(O)C(COC(C)=O)OC(COCC2C(C(=O)[O-])OC(COCC3C(CO)OC(COCC4C(C)OC(CC)C(O)C4O)C(O)C3O)C(O)C2O)C1OC(=O)C(O)CO. The number of carbonyl (C=O) groups excluding carboxylic acids is 3. The van der Waals surface area contributed by atoms with Gasteiger partial charge in [-0.2, -0.15) is 0 Å². The number of hydrogen-bond acceptors (Lipinski definition) is 24. The molecule has 4 aliphatic heterocycles. The zero-order chi connectivity index (χ0) is 46.7. The van der Waals surface area contributed by atoms with Crippen molar-refractivity contribution in [2.24, 2.45) is 17.8 Å². The number of carboxylic acid groups (broad SMARTS) is 1. The zero-order valence-electron chi connectivity index (χ0n) is 35.6. The third kappa shape index (κ3) is 13.9. The van der Waals surface area contributed by atoms with Gasteiger partial charge in [0.15, 0.2) is 12.2 Å². The first kappa shape index (κ1) is 56.0. The molecule has 0 radical (unpaired) electrons. The molecule has 374 valence electrons. The molecule has 4 saturated heterocycles. The van der Waals surface area contributed by atoms with Crippen molar-refractivity contribution in [1.82, 2.24) is 0 Å². The highest BCUT2D eigenvalue weighted by molar-refractivity contribution is 5.74. The summed E-state index contributed by atoms with van der Waals surface area (Å²) in [5.74, 6) is -6.94. The average molecular weight is 934 g/mol. The predicted molar refractivity (Wildman–Crippen MR) is 209 cm³/mol. The van der Waals surface area contributed by atoms with E-state index in [0.29, 0.717) is 6.42 Å². The maximum absolute atomic E-state index is 12.5. The lowest BCUT2D eigenvalue weighted by Gasteiger charge is -2.45. The Morgan fingerprint density at radius 1 is 0.609 bits per heavy atom. The number of aliphatic hydroxyl groups is 10. The zero-order valence-corrected chi connectivity index (χ0v) is 35.6. The number of rotatable bonds is 22. The lowest BCUT2D eigenvalue weighted by atomic mass is 9.86. The number of hydrogen-bond donors (Lipinski definition) is 10. The maximum Gasteiger partial charge on any atom is 0.337 e. The van der Waals surface area contributed by atoms with E-state index in [-0.39, 0.29) is 27.2 Å². The second-order valence-electron chi connectivity index (χ2n) is 16.2. The fourth-order valence-electron chi connectivity index (χ4n) is 8.23. The van der Waals surface area contributed by atoms with Crippen LogP contribution in [0.4, 0.5) is 0 Å². The standard InChI is InChI=1S/C39H66O24.CH4/c1-5-22-31(47)28(44)18(16(3)59-22)9-54-12-24-32(48)29(45)19(23(8-41)60-24)10-55-13-25-33(49)30(46)20(35(62-25)38(51)52)11-56-14-27-36(63-39(53)21(43)7-40)37(57-6-2)34(50)26(61-27)15-58-17(4)42;/h16,18-37,40-41,43-50H,5-15H2,1-4H3,(H,51,52);1H4/p-1. The van der Waals surface area contributed by atoms with Gasteiger partial charge < -0.3 is 108 Å². The molecule has 0 bridgehead atoms. The number of ether oxygens (including phenoxy) is 10. The van der Waals surface area contributed by atoms with Crippen molar-refractivity contribution >= 4 is 17.9 Å². The van der Waals surface area contributed by atoms with E-state index >= 15 is 0 Å². The lowest BCUT2D eigenvalue weighted by molar-refractivity contribution is -0.332. The van der Waals surface area contributed by atoms with Crippen LogP contribution in [0.25, 0.3) is 0 Å². The molecule has 4 fully saturated rings. The summed E-state index contributed by atoms with van der Waals surface area (Å²) in [6.07, 6.45) is -23.9. The summed E-state index contributed by atoms with van der Waals surface area (Å²) in [7, 11) is 0. The van der Waals surface area contributed by atoms with E-state index in [1.807, 2.05) is 6.92 Å². The Hall–Kier alpha value is -2.31. The van der Waals surface area contributed by atoms with E-state index in [0.717, 1.165) is 6.92 Å². The number of carboxylic acids is 1. The van der Waals surface area contributed by atoms with E-state index in [1.54, 1.807) is 13.8 Å². The Morgan fingerprint density at radius 3 is 1.66 bits per heavy atom. The van der Waals surface area contributed by atoms with Crippen molar-refractivity contribution in [2.75, 3.05) is 66.1 Å². The molecule has 64 heavy (non-hydrogen) atoms. The van der Waals surface area contributed by atoms with Crippen molar-refractivity contribution in [3.8, 4) is 0 Å². The predicted octanol–water partition coefficient (Wildman–Crippen LogP) is -6.48. The van der Waals surface area contributed by atoms with Crippen LogP contribution in [-0.4, -0.2) is 245 Å². The van der Waals surface area contributed by atoms with Gasteiger partial charge in [0.2, 0.25) is 0 Å². The van der Waals surface area contributed by atoms with Gasteiger partial charge >= 0.3 is 11.9 Å². The van der Waals surface area contributed by atoms with Crippen LogP contribution in [0.3, 0.4) is 0 Å². The molecule has 4 heterocycles. The van der Waals surface area contributed by atoms with E-state index in [1.165, 1.54) is 0 Å². The summed E-state index contributed by atoms with van der Waals surface area (Å²) < 4.78 is 56.0. The molecule has 0 spiro atoms. The van der Waals surface area contributed by atoms with Crippen molar-refractivity contribution < 1.29 is 118 Å². The van der Waals surface area contributed by atoms with Crippen molar-refractivity contribution in [1.29, 1.82) is 0 Å². The molecule has 4 rings (SSSR count). The quantitative estimate of drug-likeness (QED) is 0.0451. The molecular formula is C40H69O24-. The summed E-state index contributed by atoms with van der Waals surface area (Å²) in [4.78, 5) is 36.3.